The third-order valence-corrected chi connectivity index (χ3v) is 4.35. The summed E-state index contributed by atoms with van der Waals surface area (Å²) in [6.45, 7) is 4.75. The number of carbonyl (C=O) groups is 1. The molecule has 2 heterocycles. The molecule has 0 saturated carbocycles. The zero-order valence-corrected chi connectivity index (χ0v) is 12.3. The number of aromatic nitrogens is 1. The zero-order chi connectivity index (χ0) is 13.8. The molecule has 0 aliphatic carbocycles. The van der Waals surface area contributed by atoms with Gasteiger partial charge in [-0.1, -0.05) is 0 Å². The van der Waals surface area contributed by atoms with Crippen LogP contribution in [0.15, 0.2) is 12.3 Å². The van der Waals surface area contributed by atoms with Gasteiger partial charge in [-0.25, -0.2) is 4.98 Å². The summed E-state index contributed by atoms with van der Waals surface area (Å²) in [6.07, 6.45) is 8.53. The molecule has 19 heavy (non-hydrogen) atoms. The van der Waals surface area contributed by atoms with E-state index in [1.54, 1.807) is 23.6 Å². The van der Waals surface area contributed by atoms with Crippen LogP contribution in [0.5, 0.6) is 0 Å². The second kappa shape index (κ2) is 6.30. The van der Waals surface area contributed by atoms with Crippen molar-refractivity contribution >= 4 is 23.3 Å². The van der Waals surface area contributed by atoms with Crippen molar-refractivity contribution in [3.8, 4) is 0 Å². The van der Waals surface area contributed by atoms with Crippen LogP contribution in [-0.4, -0.2) is 34.4 Å². The van der Waals surface area contributed by atoms with Crippen molar-refractivity contribution in [2.24, 2.45) is 5.73 Å². The van der Waals surface area contributed by atoms with Gasteiger partial charge in [-0.2, -0.15) is 0 Å². The Balaban J connectivity index is 2.03. The number of thiazole rings is 1. The molecule has 2 atom stereocenters. The van der Waals surface area contributed by atoms with Crippen molar-refractivity contribution in [1.82, 2.24) is 9.88 Å². The van der Waals surface area contributed by atoms with E-state index in [1.807, 2.05) is 24.8 Å². The fourth-order valence-corrected chi connectivity index (χ4v) is 3.17. The van der Waals surface area contributed by atoms with Crippen LogP contribution in [0.2, 0.25) is 0 Å². The van der Waals surface area contributed by atoms with E-state index in [4.69, 9.17) is 5.73 Å². The maximum Gasteiger partial charge on any atom is 0.246 e. The minimum Gasteiger partial charge on any atom is -0.335 e. The van der Waals surface area contributed by atoms with Gasteiger partial charge in [-0.15, -0.1) is 11.3 Å². The lowest BCUT2D eigenvalue weighted by Crippen LogP contribution is -2.51. The number of nitrogens with two attached hydrogens (primary N) is 1. The molecule has 1 aliphatic heterocycles. The van der Waals surface area contributed by atoms with Crippen LogP contribution >= 0.6 is 11.3 Å². The van der Waals surface area contributed by atoms with Gasteiger partial charge in [0.15, 0.2) is 0 Å². The van der Waals surface area contributed by atoms with E-state index in [9.17, 15) is 4.79 Å². The topological polar surface area (TPSA) is 59.2 Å². The zero-order valence-electron chi connectivity index (χ0n) is 11.5. The van der Waals surface area contributed by atoms with Gasteiger partial charge >= 0.3 is 0 Å². The Labute approximate surface area is 118 Å². The Morgan fingerprint density at radius 2 is 2.42 bits per heavy atom. The Hall–Kier alpha value is -1.20. The summed E-state index contributed by atoms with van der Waals surface area (Å²) < 4.78 is 0. The largest absolute Gasteiger partial charge is 0.335 e. The number of hydrogen-bond acceptors (Lipinski definition) is 4. The van der Waals surface area contributed by atoms with Crippen LogP contribution in [0.4, 0.5) is 0 Å². The molecule has 0 radical (unpaired) electrons. The summed E-state index contributed by atoms with van der Waals surface area (Å²) in [5.41, 5.74) is 5.98. The summed E-state index contributed by atoms with van der Waals surface area (Å²) in [6, 6.07) is 0.206. The minimum atomic E-state index is 0.0308. The normalized spacial score (nSPS) is 21.8. The first-order chi connectivity index (χ1) is 9.08. The summed E-state index contributed by atoms with van der Waals surface area (Å²) in [7, 11) is 0. The molecule has 1 amide bonds. The highest BCUT2D eigenvalue weighted by molar-refractivity contribution is 7.12. The molecule has 5 heteroatoms. The van der Waals surface area contributed by atoms with Crippen LogP contribution in [-0.2, 0) is 4.79 Å². The number of aryl methyl sites for hydroxylation is 1. The predicted octanol–water partition coefficient (Wildman–Crippen LogP) is 2.19. The first kappa shape index (κ1) is 14.2. The number of hydrogen-bond donors (Lipinski definition) is 1. The number of carbonyl (C=O) groups excluding carboxylic acids is 1. The van der Waals surface area contributed by atoms with Crippen molar-refractivity contribution in [2.45, 2.75) is 45.2 Å². The Morgan fingerprint density at radius 1 is 1.63 bits per heavy atom. The molecule has 1 aliphatic rings. The predicted molar refractivity (Wildman–Crippen MR) is 78.9 cm³/mol. The maximum atomic E-state index is 12.3. The molecule has 2 unspecified atom stereocenters. The maximum absolute atomic E-state index is 12.3. The Morgan fingerprint density at radius 3 is 3.05 bits per heavy atom. The number of rotatable bonds is 3. The SMILES string of the molecule is Cc1ncc(/C=C/C(=O)N2CCCCC2C(C)N)s1. The van der Waals surface area contributed by atoms with Gasteiger partial charge < -0.3 is 10.6 Å². The van der Waals surface area contributed by atoms with Crippen molar-refractivity contribution in [3.05, 3.63) is 22.2 Å². The lowest BCUT2D eigenvalue weighted by Gasteiger charge is -2.37. The van der Waals surface area contributed by atoms with E-state index in [0.717, 1.165) is 35.7 Å². The molecule has 1 aromatic heterocycles. The van der Waals surface area contributed by atoms with Gasteiger partial charge in [0, 0.05) is 35.8 Å². The van der Waals surface area contributed by atoms with Gasteiger partial charge in [-0.05, 0) is 39.2 Å². The van der Waals surface area contributed by atoms with Crippen LogP contribution in [0.25, 0.3) is 6.08 Å². The average Bonchev–Trinajstić information content (AvgIpc) is 2.81. The molecule has 104 valence electrons. The van der Waals surface area contributed by atoms with Crippen molar-refractivity contribution < 1.29 is 4.79 Å². The van der Waals surface area contributed by atoms with Gasteiger partial charge in [-0.3, -0.25) is 4.79 Å². The highest BCUT2D eigenvalue weighted by Crippen LogP contribution is 2.20. The minimum absolute atomic E-state index is 0.0308. The quantitative estimate of drug-likeness (QED) is 0.863. The Kier molecular flexibility index (Phi) is 4.71. The molecule has 2 rings (SSSR count). The van der Waals surface area contributed by atoms with Crippen molar-refractivity contribution in [1.29, 1.82) is 0 Å². The van der Waals surface area contributed by atoms with Crippen LogP contribution in [0.3, 0.4) is 0 Å². The number of nitrogens with zero attached hydrogens (tertiary/aromatic N) is 2. The van der Waals surface area contributed by atoms with Crippen LogP contribution in [0.1, 0.15) is 36.1 Å². The highest BCUT2D eigenvalue weighted by atomic mass is 32.1. The molecule has 0 spiro atoms. The molecule has 1 aromatic rings. The molecule has 1 saturated heterocycles. The lowest BCUT2D eigenvalue weighted by atomic mass is 9.97. The lowest BCUT2D eigenvalue weighted by molar-refractivity contribution is -0.129. The molecular weight excluding hydrogens is 258 g/mol. The smallest absolute Gasteiger partial charge is 0.246 e. The molecule has 2 N–H and O–H groups in total. The molecular formula is C14H21N3OS. The van der Waals surface area contributed by atoms with E-state index in [2.05, 4.69) is 4.98 Å². The third kappa shape index (κ3) is 3.64. The first-order valence-electron chi connectivity index (χ1n) is 6.74. The second-order valence-electron chi connectivity index (χ2n) is 5.07. The number of likely N-dealkylation sites (tertiary alicyclic amines) is 1. The summed E-state index contributed by atoms with van der Waals surface area (Å²) >= 11 is 1.59. The Bertz CT molecular complexity index is 467. The van der Waals surface area contributed by atoms with Gasteiger partial charge in [0.25, 0.3) is 0 Å². The van der Waals surface area contributed by atoms with Crippen LogP contribution in [0, 0.1) is 6.92 Å². The summed E-state index contributed by atoms with van der Waals surface area (Å²) in [4.78, 5) is 19.4. The summed E-state index contributed by atoms with van der Waals surface area (Å²) in [5.74, 6) is 0.0630. The third-order valence-electron chi connectivity index (χ3n) is 3.47. The van der Waals surface area contributed by atoms with Gasteiger partial charge in [0.1, 0.15) is 0 Å². The van der Waals surface area contributed by atoms with Crippen molar-refractivity contribution in [3.63, 3.8) is 0 Å². The van der Waals surface area contributed by atoms with E-state index in [0.29, 0.717) is 0 Å². The summed E-state index contributed by atoms with van der Waals surface area (Å²) in [5, 5.41) is 1.01. The molecule has 1 fully saturated rings. The van der Waals surface area contributed by atoms with E-state index < -0.39 is 0 Å². The monoisotopic (exact) mass is 279 g/mol. The fourth-order valence-electron chi connectivity index (χ4n) is 2.48. The first-order valence-corrected chi connectivity index (χ1v) is 7.56. The second-order valence-corrected chi connectivity index (χ2v) is 6.34. The highest BCUT2D eigenvalue weighted by Gasteiger charge is 2.27. The molecule has 0 aromatic carbocycles. The van der Waals surface area contributed by atoms with E-state index in [1.165, 1.54) is 0 Å². The fraction of sp³-hybridized carbons (Fsp3) is 0.571. The standard InChI is InChI=1S/C14H21N3OS/c1-10(15)13-5-3-4-8-17(13)14(18)7-6-12-9-16-11(2)19-12/h6-7,9-10,13H,3-5,8,15H2,1-2H3/b7-6+. The van der Waals surface area contributed by atoms with Gasteiger partial charge in [0.05, 0.1) is 5.01 Å². The molecule has 4 nitrogen and oxygen atoms in total. The average molecular weight is 279 g/mol. The van der Waals surface area contributed by atoms with E-state index >= 15 is 0 Å². The molecule has 0 bridgehead atoms. The van der Waals surface area contributed by atoms with Crippen molar-refractivity contribution in [2.75, 3.05) is 6.54 Å². The van der Waals surface area contributed by atoms with E-state index in [-0.39, 0.29) is 18.0 Å². The number of piperidine rings is 1. The van der Waals surface area contributed by atoms with Crippen LogP contribution < -0.4 is 5.73 Å². The van der Waals surface area contributed by atoms with Gasteiger partial charge in [0.2, 0.25) is 5.91 Å². The number of amides is 1.